The molecule has 2 aromatic carbocycles. The summed E-state index contributed by atoms with van der Waals surface area (Å²) in [5.74, 6) is -0.803. The van der Waals surface area contributed by atoms with Gasteiger partial charge in [0, 0.05) is 49.4 Å². The van der Waals surface area contributed by atoms with E-state index in [9.17, 15) is 18.8 Å². The van der Waals surface area contributed by atoms with Gasteiger partial charge in [0.25, 0.3) is 5.91 Å². The third-order valence-corrected chi connectivity index (χ3v) is 11.9. The van der Waals surface area contributed by atoms with Crippen molar-refractivity contribution in [3.8, 4) is 0 Å². The number of carbonyl (C=O) groups excluding carboxylic acids is 3. The highest BCUT2D eigenvalue weighted by atomic mass is 35.5. The molecule has 48 heavy (non-hydrogen) atoms. The molecule has 0 aromatic heterocycles. The molecule has 2 aromatic rings. The van der Waals surface area contributed by atoms with Crippen LogP contribution in [-0.2, 0) is 19.9 Å². The first-order valence-corrected chi connectivity index (χ1v) is 18.2. The van der Waals surface area contributed by atoms with Gasteiger partial charge in [-0.25, -0.2) is 9.38 Å². The number of halogens is 3. The summed E-state index contributed by atoms with van der Waals surface area (Å²) >= 11 is 13.7. The zero-order valence-corrected chi connectivity index (χ0v) is 30.5. The van der Waals surface area contributed by atoms with Crippen LogP contribution in [0.15, 0.2) is 58.1 Å². The Morgan fingerprint density at radius 2 is 1.79 bits per heavy atom. The molecule has 3 amide bonds. The average molecular weight is 715 g/mol. The van der Waals surface area contributed by atoms with Crippen molar-refractivity contribution < 1.29 is 18.8 Å². The Kier molecular flexibility index (Phi) is 9.65. The number of nitrogens with zero attached hydrogens (tertiary/aromatic N) is 5. The van der Waals surface area contributed by atoms with Gasteiger partial charge in [0.15, 0.2) is 5.17 Å². The van der Waals surface area contributed by atoms with Gasteiger partial charge in [-0.15, -0.1) is 0 Å². The maximum absolute atomic E-state index is 14.9. The molecule has 2 saturated heterocycles. The summed E-state index contributed by atoms with van der Waals surface area (Å²) in [6.07, 6.45) is 2.07. The lowest BCUT2D eigenvalue weighted by atomic mass is 9.81. The Bertz CT molecular complexity index is 1700. The molecule has 0 radical (unpaired) electrons. The van der Waals surface area contributed by atoms with Gasteiger partial charge in [0.2, 0.25) is 11.8 Å². The number of carbonyl (C=O) groups is 3. The predicted molar refractivity (Wildman–Crippen MR) is 189 cm³/mol. The second-order valence-electron chi connectivity index (χ2n) is 13.7. The molecule has 4 heterocycles. The molecule has 5 atom stereocenters. The van der Waals surface area contributed by atoms with Crippen LogP contribution >= 0.6 is 35.0 Å². The lowest BCUT2D eigenvalue weighted by molar-refractivity contribution is -0.147. The van der Waals surface area contributed by atoms with Crippen molar-refractivity contribution in [3.05, 3.63) is 80.1 Å². The molecule has 6 rings (SSSR count). The fourth-order valence-corrected chi connectivity index (χ4v) is 9.47. The Morgan fingerprint density at radius 3 is 2.40 bits per heavy atom. The number of rotatable bonds is 6. The van der Waals surface area contributed by atoms with E-state index in [-0.39, 0.29) is 40.7 Å². The maximum Gasteiger partial charge on any atom is 0.263 e. The molecule has 4 aliphatic heterocycles. The molecule has 2 unspecified atom stereocenters. The van der Waals surface area contributed by atoms with Gasteiger partial charge in [-0.3, -0.25) is 14.4 Å². The van der Waals surface area contributed by atoms with Crippen LogP contribution < -0.4 is 0 Å². The normalized spacial score (nSPS) is 27.2. The molecule has 0 N–H and O–H groups in total. The second-order valence-corrected chi connectivity index (χ2v) is 15.5. The fraction of sp³-hybridized carbons (Fsp3) is 0.500. The Morgan fingerprint density at radius 1 is 1.08 bits per heavy atom. The predicted octanol–water partition coefficient (Wildman–Crippen LogP) is 7.22. The standard InChI is InChI=1S/C36H42Cl2FN5O3S/c1-7-26-13-15-29(33(46)41-16-17-42(22(5)45)21(4)19-41)43(26)34(47)31-30(20(2)3)44-32(23-8-11-25(37)12-9-23)36(6,40-35(44)48-31)24-10-14-27(38)28(39)18-24/h8-12,14,18,20-21,26,29,32H,7,13,15-17,19H2,1-6H3/t21-,26-,29+,32?,36?/m1/s1. The van der Waals surface area contributed by atoms with Gasteiger partial charge >= 0.3 is 0 Å². The molecular weight excluding hydrogens is 672 g/mol. The molecule has 8 nitrogen and oxygen atoms in total. The molecular formula is C36H42Cl2FN5O3S. The van der Waals surface area contributed by atoms with E-state index in [1.54, 1.807) is 24.0 Å². The number of fused-ring (bicyclic) bond motifs is 1. The van der Waals surface area contributed by atoms with E-state index in [0.717, 1.165) is 24.1 Å². The van der Waals surface area contributed by atoms with Gasteiger partial charge in [0.1, 0.15) is 22.3 Å². The molecule has 2 fully saturated rings. The van der Waals surface area contributed by atoms with Gasteiger partial charge in [-0.2, -0.15) is 0 Å². The SMILES string of the molecule is CC[C@@H]1CC[C@@H](C(=O)N2CCN(C(C)=O)[C@H](C)C2)N1C(=O)C1=C(C(C)C)N2C(=NC(C)(c3ccc(Cl)c(F)c3)C2c2ccc(Cl)cc2)S1. The molecule has 256 valence electrons. The van der Waals surface area contributed by atoms with Crippen LogP contribution in [0, 0.1) is 11.7 Å². The third-order valence-electron chi connectivity index (χ3n) is 10.3. The highest BCUT2D eigenvalue weighted by Gasteiger charge is 2.55. The Labute approximate surface area is 296 Å². The number of amides is 3. The summed E-state index contributed by atoms with van der Waals surface area (Å²) in [6.45, 7) is 13.0. The topological polar surface area (TPSA) is 76.5 Å². The van der Waals surface area contributed by atoms with Crippen molar-refractivity contribution >= 4 is 57.9 Å². The first-order valence-electron chi connectivity index (χ1n) is 16.7. The summed E-state index contributed by atoms with van der Waals surface area (Å²) in [5.41, 5.74) is 1.51. The number of piperazine rings is 1. The van der Waals surface area contributed by atoms with Gasteiger partial charge in [-0.1, -0.05) is 62.2 Å². The molecule has 4 aliphatic rings. The minimum Gasteiger partial charge on any atom is -0.337 e. The molecule has 0 aliphatic carbocycles. The maximum atomic E-state index is 14.9. The fourth-order valence-electron chi connectivity index (χ4n) is 7.88. The molecule has 0 bridgehead atoms. The van der Waals surface area contributed by atoms with E-state index >= 15 is 0 Å². The Hall–Kier alpha value is -3.08. The largest absolute Gasteiger partial charge is 0.337 e. The van der Waals surface area contributed by atoms with Crippen LogP contribution in [0.25, 0.3) is 0 Å². The second kappa shape index (κ2) is 13.3. The quantitative estimate of drug-likeness (QED) is 0.316. The van der Waals surface area contributed by atoms with Crippen molar-refractivity contribution in [2.24, 2.45) is 10.9 Å². The minimum absolute atomic E-state index is 0.00221. The van der Waals surface area contributed by atoms with Crippen LogP contribution in [0.3, 0.4) is 0 Å². The van der Waals surface area contributed by atoms with Crippen molar-refractivity contribution in [1.82, 2.24) is 19.6 Å². The zero-order chi connectivity index (χ0) is 34.7. The van der Waals surface area contributed by atoms with E-state index in [1.807, 2.05) is 47.9 Å². The van der Waals surface area contributed by atoms with Crippen molar-refractivity contribution in [2.45, 2.75) is 90.5 Å². The lowest BCUT2D eigenvalue weighted by Gasteiger charge is -2.41. The van der Waals surface area contributed by atoms with E-state index in [0.29, 0.717) is 46.7 Å². The molecule has 0 saturated carbocycles. The summed E-state index contributed by atoms with van der Waals surface area (Å²) in [4.78, 5) is 54.4. The van der Waals surface area contributed by atoms with Crippen LogP contribution in [0.5, 0.6) is 0 Å². The Balaban J connectivity index is 1.38. The van der Waals surface area contributed by atoms with E-state index in [4.69, 9.17) is 28.2 Å². The van der Waals surface area contributed by atoms with Gasteiger partial charge < -0.3 is 19.6 Å². The summed E-state index contributed by atoms with van der Waals surface area (Å²) in [6, 6.07) is 11.2. The van der Waals surface area contributed by atoms with Crippen molar-refractivity contribution in [1.29, 1.82) is 0 Å². The van der Waals surface area contributed by atoms with Crippen LogP contribution in [0.1, 0.15) is 78.0 Å². The first-order chi connectivity index (χ1) is 22.8. The number of allylic oxidation sites excluding steroid dienone is 1. The number of hydrogen-bond donors (Lipinski definition) is 0. The van der Waals surface area contributed by atoms with Crippen molar-refractivity contribution in [2.75, 3.05) is 19.6 Å². The third kappa shape index (κ3) is 5.92. The van der Waals surface area contributed by atoms with Gasteiger partial charge in [-0.05, 0) is 86.2 Å². The number of likely N-dealkylation sites (tertiary alicyclic amines) is 1. The van der Waals surface area contributed by atoms with E-state index in [2.05, 4.69) is 25.7 Å². The molecule has 0 spiro atoms. The summed E-state index contributed by atoms with van der Waals surface area (Å²) < 4.78 is 14.9. The van der Waals surface area contributed by atoms with Crippen LogP contribution in [0.2, 0.25) is 10.0 Å². The number of benzene rings is 2. The average Bonchev–Trinajstić information content (AvgIpc) is 3.72. The summed E-state index contributed by atoms with van der Waals surface area (Å²) in [7, 11) is 0. The van der Waals surface area contributed by atoms with Gasteiger partial charge in [0.05, 0.1) is 11.1 Å². The first kappa shape index (κ1) is 34.8. The monoisotopic (exact) mass is 713 g/mol. The number of amidine groups is 1. The minimum atomic E-state index is -0.910. The summed E-state index contributed by atoms with van der Waals surface area (Å²) in [5, 5.41) is 1.29. The molecule has 12 heteroatoms. The van der Waals surface area contributed by atoms with Crippen molar-refractivity contribution in [3.63, 3.8) is 0 Å². The van der Waals surface area contributed by atoms with Crippen LogP contribution in [-0.4, -0.2) is 80.2 Å². The lowest BCUT2D eigenvalue weighted by Crippen LogP contribution is -2.58. The smallest absolute Gasteiger partial charge is 0.263 e. The number of aliphatic imine (C=N–C) groups is 1. The highest BCUT2D eigenvalue weighted by Crippen LogP contribution is 2.56. The number of hydrogen-bond acceptors (Lipinski definition) is 6. The zero-order valence-electron chi connectivity index (χ0n) is 28.2. The van der Waals surface area contributed by atoms with E-state index < -0.39 is 23.4 Å². The highest BCUT2D eigenvalue weighted by molar-refractivity contribution is 8.18. The number of thioether (sulfide) groups is 1. The van der Waals surface area contributed by atoms with Crippen LogP contribution in [0.4, 0.5) is 4.39 Å². The van der Waals surface area contributed by atoms with E-state index in [1.165, 1.54) is 17.8 Å².